The van der Waals surface area contributed by atoms with Gasteiger partial charge in [0.1, 0.15) is 17.8 Å². The maximum Gasteiger partial charge on any atom is 0.224 e. The Bertz CT molecular complexity index is 764. The van der Waals surface area contributed by atoms with Gasteiger partial charge in [0.15, 0.2) is 0 Å². The molecule has 7 nitrogen and oxygen atoms in total. The van der Waals surface area contributed by atoms with E-state index in [1.807, 2.05) is 17.2 Å². The summed E-state index contributed by atoms with van der Waals surface area (Å²) in [6.07, 6.45) is 6.15. The van der Waals surface area contributed by atoms with E-state index in [2.05, 4.69) is 25.9 Å². The molecule has 0 spiro atoms. The fourth-order valence-electron chi connectivity index (χ4n) is 3.89. The van der Waals surface area contributed by atoms with Gasteiger partial charge in [0.05, 0.1) is 11.5 Å². The Morgan fingerprint density at radius 3 is 2.87 bits per heavy atom. The molecule has 2 aromatic rings. The second kappa shape index (κ2) is 5.54. The molecule has 2 fully saturated rings. The first kappa shape index (κ1) is 14.0. The van der Waals surface area contributed by atoms with E-state index in [4.69, 9.17) is 5.26 Å². The minimum absolute atomic E-state index is 0.119. The Morgan fingerprint density at radius 1 is 1.35 bits per heavy atom. The molecular weight excluding hydrogens is 292 g/mol. The summed E-state index contributed by atoms with van der Waals surface area (Å²) in [6.45, 7) is 1.60. The number of H-pyrrole nitrogens is 1. The van der Waals surface area contributed by atoms with Gasteiger partial charge in [-0.2, -0.15) is 5.26 Å². The predicted molar refractivity (Wildman–Crippen MR) is 84.6 cm³/mol. The number of nitriles is 1. The fraction of sp³-hybridized carbons (Fsp3) is 0.500. The summed E-state index contributed by atoms with van der Waals surface area (Å²) in [5.74, 6) is 1.06. The van der Waals surface area contributed by atoms with Crippen LogP contribution >= 0.6 is 0 Å². The number of nitrogens with zero attached hydrogens (tertiary/aromatic N) is 5. The molecule has 2 aromatic heterocycles. The molecule has 118 valence electrons. The van der Waals surface area contributed by atoms with Gasteiger partial charge >= 0.3 is 0 Å². The third kappa shape index (κ3) is 2.31. The maximum atomic E-state index is 12.4. The lowest BCUT2D eigenvalue weighted by atomic mass is 10.1. The number of aromatic nitrogens is 3. The SMILES string of the molecule is N#CCCC(=O)N1[C@@H]2CC[C@@H]1CN(c1ncnc3[nH]ccc13)C2. The Labute approximate surface area is 133 Å². The van der Waals surface area contributed by atoms with Crippen molar-refractivity contribution in [2.24, 2.45) is 0 Å². The van der Waals surface area contributed by atoms with Gasteiger partial charge in [-0.25, -0.2) is 9.97 Å². The van der Waals surface area contributed by atoms with Crippen molar-refractivity contribution in [3.8, 4) is 6.07 Å². The molecule has 2 aliphatic heterocycles. The van der Waals surface area contributed by atoms with Gasteiger partial charge in [-0.05, 0) is 18.9 Å². The van der Waals surface area contributed by atoms with Crippen molar-refractivity contribution < 1.29 is 4.79 Å². The molecule has 0 radical (unpaired) electrons. The molecule has 4 heterocycles. The number of aromatic amines is 1. The fourth-order valence-corrected chi connectivity index (χ4v) is 3.89. The first-order valence-electron chi connectivity index (χ1n) is 7.99. The van der Waals surface area contributed by atoms with Crippen LogP contribution < -0.4 is 4.90 Å². The van der Waals surface area contributed by atoms with Gasteiger partial charge in [-0.1, -0.05) is 0 Å². The summed E-state index contributed by atoms with van der Waals surface area (Å²) in [7, 11) is 0. The van der Waals surface area contributed by atoms with Crippen LogP contribution in [0.25, 0.3) is 11.0 Å². The van der Waals surface area contributed by atoms with E-state index >= 15 is 0 Å². The summed E-state index contributed by atoms with van der Waals surface area (Å²) in [5, 5.41) is 9.71. The molecule has 2 aliphatic rings. The Morgan fingerprint density at radius 2 is 2.13 bits per heavy atom. The molecule has 0 aromatic carbocycles. The number of anilines is 1. The van der Waals surface area contributed by atoms with Crippen molar-refractivity contribution in [2.75, 3.05) is 18.0 Å². The highest BCUT2D eigenvalue weighted by Gasteiger charge is 2.42. The summed E-state index contributed by atoms with van der Waals surface area (Å²) >= 11 is 0. The van der Waals surface area contributed by atoms with E-state index in [9.17, 15) is 4.79 Å². The molecule has 2 atom stereocenters. The van der Waals surface area contributed by atoms with Crippen LogP contribution in [0.3, 0.4) is 0 Å². The number of hydrogen-bond donors (Lipinski definition) is 1. The zero-order valence-electron chi connectivity index (χ0n) is 12.8. The van der Waals surface area contributed by atoms with Gasteiger partial charge < -0.3 is 14.8 Å². The lowest BCUT2D eigenvalue weighted by Crippen LogP contribution is -2.56. The Balaban J connectivity index is 1.57. The lowest BCUT2D eigenvalue weighted by Gasteiger charge is -2.41. The minimum atomic E-state index is 0.119. The molecule has 0 unspecified atom stereocenters. The van der Waals surface area contributed by atoms with Crippen LogP contribution in [-0.4, -0.2) is 50.9 Å². The first-order valence-corrected chi connectivity index (χ1v) is 7.99. The molecule has 7 heteroatoms. The molecule has 23 heavy (non-hydrogen) atoms. The van der Waals surface area contributed by atoms with E-state index in [0.717, 1.165) is 42.8 Å². The second-order valence-electron chi connectivity index (χ2n) is 6.19. The number of amides is 1. The zero-order valence-corrected chi connectivity index (χ0v) is 12.8. The second-order valence-corrected chi connectivity index (χ2v) is 6.19. The quantitative estimate of drug-likeness (QED) is 0.926. The first-order chi connectivity index (χ1) is 11.3. The van der Waals surface area contributed by atoms with Gasteiger partial charge in [-0.15, -0.1) is 0 Å². The number of carbonyl (C=O) groups excluding carboxylic acids is 1. The van der Waals surface area contributed by atoms with Crippen LogP contribution in [0.4, 0.5) is 5.82 Å². The highest BCUT2D eigenvalue weighted by molar-refractivity contribution is 5.87. The number of carbonyl (C=O) groups is 1. The summed E-state index contributed by atoms with van der Waals surface area (Å²) < 4.78 is 0. The average molecular weight is 310 g/mol. The number of piperazine rings is 1. The molecule has 2 bridgehead atoms. The summed E-state index contributed by atoms with van der Waals surface area (Å²) in [5.41, 5.74) is 0.842. The van der Waals surface area contributed by atoms with Crippen LogP contribution in [0, 0.1) is 11.3 Å². The lowest BCUT2D eigenvalue weighted by molar-refractivity contribution is -0.134. The number of nitrogens with one attached hydrogen (secondary N) is 1. The zero-order chi connectivity index (χ0) is 15.8. The normalized spacial score (nSPS) is 23.3. The van der Waals surface area contributed by atoms with Crippen LogP contribution in [0.15, 0.2) is 18.6 Å². The van der Waals surface area contributed by atoms with E-state index in [1.165, 1.54) is 0 Å². The van der Waals surface area contributed by atoms with Gasteiger partial charge in [-0.3, -0.25) is 4.79 Å². The number of rotatable bonds is 3. The van der Waals surface area contributed by atoms with Crippen molar-refractivity contribution in [2.45, 2.75) is 37.8 Å². The van der Waals surface area contributed by atoms with Crippen LogP contribution in [0.5, 0.6) is 0 Å². The molecule has 0 aliphatic carbocycles. The largest absolute Gasteiger partial charge is 0.352 e. The van der Waals surface area contributed by atoms with Crippen molar-refractivity contribution in [3.05, 3.63) is 18.6 Å². The molecule has 0 saturated carbocycles. The summed E-state index contributed by atoms with van der Waals surface area (Å²) in [4.78, 5) is 28.5. The Kier molecular flexibility index (Phi) is 3.37. The van der Waals surface area contributed by atoms with Gasteiger partial charge in [0.2, 0.25) is 5.91 Å². The van der Waals surface area contributed by atoms with E-state index in [1.54, 1.807) is 6.33 Å². The minimum Gasteiger partial charge on any atom is -0.352 e. The van der Waals surface area contributed by atoms with Gasteiger partial charge in [0, 0.05) is 44.2 Å². The third-order valence-electron chi connectivity index (χ3n) is 4.85. The van der Waals surface area contributed by atoms with Crippen LogP contribution in [-0.2, 0) is 4.79 Å². The van der Waals surface area contributed by atoms with Crippen LogP contribution in [0.1, 0.15) is 25.7 Å². The molecule has 1 N–H and O–H groups in total. The van der Waals surface area contributed by atoms with Crippen molar-refractivity contribution in [3.63, 3.8) is 0 Å². The average Bonchev–Trinajstić information content (AvgIpc) is 3.14. The van der Waals surface area contributed by atoms with Gasteiger partial charge in [0.25, 0.3) is 0 Å². The molecule has 4 rings (SSSR count). The summed E-state index contributed by atoms with van der Waals surface area (Å²) in [6, 6.07) is 4.51. The highest BCUT2D eigenvalue weighted by atomic mass is 16.2. The number of hydrogen-bond acceptors (Lipinski definition) is 5. The van der Waals surface area contributed by atoms with Crippen LogP contribution in [0.2, 0.25) is 0 Å². The molecular formula is C16H18N6O. The monoisotopic (exact) mass is 310 g/mol. The standard InChI is InChI=1S/C16H18N6O/c17-6-1-2-14(23)22-11-3-4-12(22)9-21(8-11)16-13-5-7-18-15(13)19-10-20-16/h5,7,10-12H,1-4,8-9H2,(H,18,19,20)/t11-,12-/m1/s1. The van der Waals surface area contributed by atoms with Crippen molar-refractivity contribution in [1.82, 2.24) is 19.9 Å². The van der Waals surface area contributed by atoms with E-state index in [-0.39, 0.29) is 18.0 Å². The smallest absolute Gasteiger partial charge is 0.224 e. The number of fused-ring (bicyclic) bond motifs is 3. The topological polar surface area (TPSA) is 88.9 Å². The van der Waals surface area contributed by atoms with Crippen molar-refractivity contribution in [1.29, 1.82) is 5.26 Å². The maximum absolute atomic E-state index is 12.4. The molecule has 1 amide bonds. The molecule has 2 saturated heterocycles. The van der Waals surface area contributed by atoms with Crippen molar-refractivity contribution >= 4 is 22.8 Å². The third-order valence-corrected chi connectivity index (χ3v) is 4.85. The predicted octanol–water partition coefficient (Wildman–Crippen LogP) is 1.44. The highest BCUT2D eigenvalue weighted by Crippen LogP contribution is 2.34. The van der Waals surface area contributed by atoms with E-state index < -0.39 is 0 Å². The van der Waals surface area contributed by atoms with E-state index in [0.29, 0.717) is 12.8 Å². The Hall–Kier alpha value is -2.62.